The van der Waals surface area contributed by atoms with Crippen LogP contribution in [0.1, 0.15) is 0 Å². The second kappa shape index (κ2) is 8.73. The summed E-state index contributed by atoms with van der Waals surface area (Å²) in [6, 6.07) is 48.9. The van der Waals surface area contributed by atoms with E-state index in [1.165, 1.54) is 43.7 Å². The van der Waals surface area contributed by atoms with Crippen LogP contribution in [0.15, 0.2) is 140 Å². The van der Waals surface area contributed by atoms with E-state index in [0.29, 0.717) is 5.69 Å². The number of fused-ring (bicyclic) bond motifs is 6. The van der Waals surface area contributed by atoms with Gasteiger partial charge in [-0.3, -0.25) is 0 Å². The average Bonchev–Trinajstić information content (AvgIpc) is 3.54. The quantitative estimate of drug-likeness (QED) is 0.210. The van der Waals surface area contributed by atoms with Crippen molar-refractivity contribution in [1.82, 2.24) is 9.13 Å². The zero-order chi connectivity index (χ0) is 26.6. The van der Waals surface area contributed by atoms with Crippen LogP contribution in [0.5, 0.6) is 0 Å². The van der Waals surface area contributed by atoms with Gasteiger partial charge in [0.15, 0.2) is 0 Å². The summed E-state index contributed by atoms with van der Waals surface area (Å²) in [6.45, 7) is 7.83. The number of rotatable bonds is 3. The van der Waals surface area contributed by atoms with Gasteiger partial charge in [0, 0.05) is 27.1 Å². The van der Waals surface area contributed by atoms with Gasteiger partial charge in [-0.2, -0.15) is 0 Å². The van der Waals surface area contributed by atoms with Crippen LogP contribution in [0.2, 0.25) is 0 Å². The third kappa shape index (κ3) is 3.11. The van der Waals surface area contributed by atoms with E-state index in [1.807, 2.05) is 24.3 Å². The van der Waals surface area contributed by atoms with Gasteiger partial charge in [-0.05, 0) is 42.0 Å². The van der Waals surface area contributed by atoms with Crippen molar-refractivity contribution in [3.63, 3.8) is 0 Å². The number of hydrogen-bond acceptors (Lipinski definition) is 0. The van der Waals surface area contributed by atoms with E-state index in [4.69, 9.17) is 6.57 Å². The molecule has 0 aliphatic rings. The Balaban J connectivity index is 1.50. The molecule has 0 bridgehead atoms. The molecule has 0 spiro atoms. The fraction of sp³-hybridized carbons (Fsp3) is 0. The normalized spacial score (nSPS) is 11.5. The Labute approximate surface area is 231 Å². The van der Waals surface area contributed by atoms with Gasteiger partial charge in [-0.1, -0.05) is 103 Å². The molecule has 8 rings (SSSR count). The predicted octanol–water partition coefficient (Wildman–Crippen LogP) is 10.1. The van der Waals surface area contributed by atoms with Gasteiger partial charge < -0.3 is 9.13 Å². The zero-order valence-corrected chi connectivity index (χ0v) is 21.6. The van der Waals surface area contributed by atoms with Crippen molar-refractivity contribution in [2.75, 3.05) is 0 Å². The third-order valence-corrected chi connectivity index (χ3v) is 7.96. The molecule has 6 aromatic carbocycles. The molecular formula is C37H23N3. The first kappa shape index (κ1) is 22.4. The van der Waals surface area contributed by atoms with Crippen LogP contribution in [0.3, 0.4) is 0 Å². The SMILES string of the molecule is [C-]#[N+]c1ccccc1-n1c2ccccc2c2c(-c3ccccc3-n3c4ccccc4c4ccccc43)cccc21. The molecule has 0 unspecified atom stereocenters. The second-order valence-electron chi connectivity index (χ2n) is 10.0. The number of para-hydroxylation sites is 6. The molecule has 0 aliphatic heterocycles. The van der Waals surface area contributed by atoms with Crippen molar-refractivity contribution < 1.29 is 0 Å². The Bertz CT molecular complexity index is 2240. The maximum absolute atomic E-state index is 7.83. The Morgan fingerprint density at radius 1 is 0.400 bits per heavy atom. The minimum atomic E-state index is 0.640. The zero-order valence-electron chi connectivity index (χ0n) is 21.6. The summed E-state index contributed by atoms with van der Waals surface area (Å²) in [4.78, 5) is 3.85. The summed E-state index contributed by atoms with van der Waals surface area (Å²) in [5, 5.41) is 4.85. The van der Waals surface area contributed by atoms with Crippen molar-refractivity contribution in [3.05, 3.63) is 151 Å². The van der Waals surface area contributed by atoms with E-state index in [9.17, 15) is 0 Å². The van der Waals surface area contributed by atoms with Crippen molar-refractivity contribution in [1.29, 1.82) is 0 Å². The van der Waals surface area contributed by atoms with Crippen LogP contribution >= 0.6 is 0 Å². The molecule has 0 N–H and O–H groups in total. The summed E-state index contributed by atoms with van der Waals surface area (Å²) < 4.78 is 4.64. The van der Waals surface area contributed by atoms with E-state index < -0.39 is 0 Å². The molecule has 2 aromatic heterocycles. The molecule has 2 heterocycles. The minimum absolute atomic E-state index is 0.640. The van der Waals surface area contributed by atoms with Gasteiger partial charge in [0.1, 0.15) is 0 Å². The highest BCUT2D eigenvalue weighted by atomic mass is 15.0. The Kier molecular flexibility index (Phi) is 4.89. The van der Waals surface area contributed by atoms with E-state index >= 15 is 0 Å². The maximum Gasteiger partial charge on any atom is 0.210 e. The number of aromatic nitrogens is 2. The Morgan fingerprint density at radius 2 is 0.875 bits per heavy atom. The van der Waals surface area contributed by atoms with Crippen molar-refractivity contribution >= 4 is 49.3 Å². The lowest BCUT2D eigenvalue weighted by atomic mass is 9.97. The maximum atomic E-state index is 7.83. The Hall–Kier alpha value is -5.59. The number of benzene rings is 6. The van der Waals surface area contributed by atoms with Crippen LogP contribution in [-0.4, -0.2) is 9.13 Å². The first-order valence-corrected chi connectivity index (χ1v) is 13.4. The molecule has 0 atom stereocenters. The monoisotopic (exact) mass is 509 g/mol. The summed E-state index contributed by atoms with van der Waals surface area (Å²) >= 11 is 0. The lowest BCUT2D eigenvalue weighted by Gasteiger charge is -2.15. The molecule has 0 radical (unpaired) electrons. The van der Waals surface area contributed by atoms with E-state index in [1.54, 1.807) is 0 Å². The molecule has 3 heteroatoms. The van der Waals surface area contributed by atoms with Crippen LogP contribution in [0.25, 0.3) is 71.0 Å². The number of nitrogens with zero attached hydrogens (tertiary/aromatic N) is 3. The topological polar surface area (TPSA) is 14.2 Å². The van der Waals surface area contributed by atoms with Crippen LogP contribution < -0.4 is 0 Å². The molecular weight excluding hydrogens is 486 g/mol. The predicted molar refractivity (Wildman–Crippen MR) is 167 cm³/mol. The fourth-order valence-corrected chi connectivity index (χ4v) is 6.33. The van der Waals surface area contributed by atoms with E-state index in [0.717, 1.165) is 22.4 Å². The van der Waals surface area contributed by atoms with Crippen LogP contribution in [0.4, 0.5) is 5.69 Å². The molecule has 0 fully saturated rings. The van der Waals surface area contributed by atoms with Gasteiger partial charge in [-0.25, -0.2) is 4.85 Å². The molecule has 186 valence electrons. The van der Waals surface area contributed by atoms with Crippen molar-refractivity contribution in [2.45, 2.75) is 0 Å². The van der Waals surface area contributed by atoms with Crippen LogP contribution in [-0.2, 0) is 0 Å². The van der Waals surface area contributed by atoms with Crippen molar-refractivity contribution in [3.8, 4) is 22.5 Å². The summed E-state index contributed by atoms with van der Waals surface area (Å²) in [6.07, 6.45) is 0. The summed E-state index contributed by atoms with van der Waals surface area (Å²) in [5.74, 6) is 0. The summed E-state index contributed by atoms with van der Waals surface area (Å²) in [7, 11) is 0. The standard InChI is InChI=1S/C37H23N3/c1-38-30-18-6-11-23-35(30)40-34-22-10-5-16-29(34)37-28(17-12-24-36(37)40)27-15-4-9-21-33(27)39-31-19-7-2-13-25(31)26-14-3-8-20-32(26)39/h2-24H. The first-order chi connectivity index (χ1) is 19.8. The first-order valence-electron chi connectivity index (χ1n) is 13.4. The molecule has 3 nitrogen and oxygen atoms in total. The largest absolute Gasteiger partial charge is 0.319 e. The molecule has 0 saturated carbocycles. The highest BCUT2D eigenvalue weighted by Crippen LogP contribution is 2.43. The second-order valence-corrected chi connectivity index (χ2v) is 10.0. The van der Waals surface area contributed by atoms with Crippen LogP contribution in [0, 0.1) is 6.57 Å². The van der Waals surface area contributed by atoms with Gasteiger partial charge in [0.25, 0.3) is 0 Å². The molecule has 0 aliphatic carbocycles. The highest BCUT2D eigenvalue weighted by Gasteiger charge is 2.20. The molecule has 8 aromatic rings. The van der Waals surface area contributed by atoms with E-state index in [-0.39, 0.29) is 0 Å². The average molecular weight is 510 g/mol. The van der Waals surface area contributed by atoms with Gasteiger partial charge in [0.2, 0.25) is 5.69 Å². The molecule has 40 heavy (non-hydrogen) atoms. The lowest BCUT2D eigenvalue weighted by Crippen LogP contribution is -1.97. The summed E-state index contributed by atoms with van der Waals surface area (Å²) in [5.41, 5.74) is 9.59. The van der Waals surface area contributed by atoms with E-state index in [2.05, 4.69) is 129 Å². The van der Waals surface area contributed by atoms with Gasteiger partial charge in [0.05, 0.1) is 40.0 Å². The molecule has 0 amide bonds. The third-order valence-electron chi connectivity index (χ3n) is 7.96. The molecule has 0 saturated heterocycles. The van der Waals surface area contributed by atoms with Gasteiger partial charge >= 0.3 is 0 Å². The Morgan fingerprint density at radius 3 is 1.57 bits per heavy atom. The fourth-order valence-electron chi connectivity index (χ4n) is 6.33. The number of hydrogen-bond donors (Lipinski definition) is 0. The van der Waals surface area contributed by atoms with Crippen molar-refractivity contribution in [2.24, 2.45) is 0 Å². The smallest absolute Gasteiger partial charge is 0.210 e. The van der Waals surface area contributed by atoms with Gasteiger partial charge in [-0.15, -0.1) is 0 Å². The lowest BCUT2D eigenvalue weighted by molar-refractivity contribution is 1.18. The highest BCUT2D eigenvalue weighted by molar-refractivity contribution is 6.17. The minimum Gasteiger partial charge on any atom is -0.319 e.